The van der Waals surface area contributed by atoms with E-state index in [0.29, 0.717) is 28.8 Å². The van der Waals surface area contributed by atoms with Crippen LogP contribution in [-0.2, 0) is 23.5 Å². The number of hydrogen-bond acceptors (Lipinski definition) is 6. The van der Waals surface area contributed by atoms with Crippen molar-refractivity contribution in [1.29, 1.82) is 0 Å². The van der Waals surface area contributed by atoms with Crippen LogP contribution in [0.15, 0.2) is 40.9 Å². The molecule has 4 amide bonds. The molecule has 9 heteroatoms. The van der Waals surface area contributed by atoms with Gasteiger partial charge in [-0.1, -0.05) is 17.7 Å². The van der Waals surface area contributed by atoms with Crippen LogP contribution in [0.5, 0.6) is 0 Å². The van der Waals surface area contributed by atoms with Crippen LogP contribution < -0.4 is 10.6 Å². The van der Waals surface area contributed by atoms with E-state index in [4.69, 9.17) is 4.42 Å². The van der Waals surface area contributed by atoms with Gasteiger partial charge in [-0.2, -0.15) is 0 Å². The van der Waals surface area contributed by atoms with Gasteiger partial charge in [-0.25, -0.2) is 4.79 Å². The molecule has 0 aliphatic carbocycles. The van der Waals surface area contributed by atoms with E-state index >= 15 is 0 Å². The first-order chi connectivity index (χ1) is 14.4. The largest absolute Gasteiger partial charge is 0.456 e. The third kappa shape index (κ3) is 2.66. The molecule has 0 bridgehead atoms. The number of nitrogens with one attached hydrogen (secondary N) is 2. The topological polar surface area (TPSA) is 125 Å². The summed E-state index contributed by atoms with van der Waals surface area (Å²) in [7, 11) is 0. The minimum atomic E-state index is -1.58. The maximum atomic E-state index is 13.0. The average molecular weight is 406 g/mol. The minimum Gasteiger partial charge on any atom is -0.456 e. The lowest BCUT2D eigenvalue weighted by Gasteiger charge is -2.28. The molecule has 0 spiro atoms. The standard InChI is InChI=1S/C21H18N4O5/c1-11-2-3-13-8-25(18(27)14(13)4-11)10-21(19(28)23-20(29)24-21)17-6-15-16(30-17)5-12(9-26)7-22-15/h2-7,26H,8-10H2,1H3,(H2,23,24,28,29)/t21-/m0/s1. The number of aliphatic hydroxyl groups excluding tert-OH is 1. The van der Waals surface area contributed by atoms with E-state index in [1.54, 1.807) is 12.1 Å². The lowest BCUT2D eigenvalue weighted by atomic mass is 9.95. The van der Waals surface area contributed by atoms with Gasteiger partial charge in [0, 0.05) is 24.4 Å². The maximum Gasteiger partial charge on any atom is 0.322 e. The molecule has 2 aliphatic rings. The Morgan fingerprint density at radius 2 is 2.07 bits per heavy atom. The summed E-state index contributed by atoms with van der Waals surface area (Å²) in [5.41, 5.74) is 2.24. The predicted octanol–water partition coefficient (Wildman–Crippen LogP) is 1.32. The van der Waals surface area contributed by atoms with Gasteiger partial charge in [0.1, 0.15) is 11.3 Å². The molecule has 2 aromatic heterocycles. The highest BCUT2D eigenvalue weighted by molar-refractivity contribution is 6.08. The third-order valence-electron chi connectivity index (χ3n) is 5.54. The van der Waals surface area contributed by atoms with E-state index in [1.807, 2.05) is 25.1 Å². The SMILES string of the molecule is Cc1ccc2c(c1)C(=O)N(C[C@@]1(c3cc4ncc(CO)cc4o3)NC(=O)NC1=O)C2. The Morgan fingerprint density at radius 3 is 2.80 bits per heavy atom. The Hall–Kier alpha value is -3.72. The van der Waals surface area contributed by atoms with Crippen molar-refractivity contribution >= 4 is 28.9 Å². The zero-order valence-electron chi connectivity index (χ0n) is 16.1. The van der Waals surface area contributed by atoms with Crippen LogP contribution in [-0.4, -0.2) is 39.4 Å². The summed E-state index contributed by atoms with van der Waals surface area (Å²) in [6, 6.07) is 8.17. The van der Waals surface area contributed by atoms with Gasteiger partial charge < -0.3 is 19.7 Å². The van der Waals surface area contributed by atoms with Crippen LogP contribution in [0.2, 0.25) is 0 Å². The van der Waals surface area contributed by atoms with E-state index in [-0.39, 0.29) is 24.8 Å². The van der Waals surface area contributed by atoms with E-state index < -0.39 is 17.5 Å². The molecular weight excluding hydrogens is 388 g/mol. The molecule has 3 aromatic rings. The first kappa shape index (κ1) is 18.3. The zero-order valence-corrected chi connectivity index (χ0v) is 16.1. The number of amides is 4. The van der Waals surface area contributed by atoms with E-state index in [2.05, 4.69) is 15.6 Å². The number of rotatable bonds is 4. The van der Waals surface area contributed by atoms with Crippen LogP contribution in [0.4, 0.5) is 4.79 Å². The lowest BCUT2D eigenvalue weighted by molar-refractivity contribution is -0.125. The number of carbonyl (C=O) groups is 3. The summed E-state index contributed by atoms with van der Waals surface area (Å²) in [4.78, 5) is 43.6. The molecule has 9 nitrogen and oxygen atoms in total. The highest BCUT2D eigenvalue weighted by Crippen LogP contribution is 2.34. The molecule has 0 saturated carbocycles. The van der Waals surface area contributed by atoms with Crippen LogP contribution in [0, 0.1) is 6.92 Å². The van der Waals surface area contributed by atoms with Gasteiger partial charge in [0.25, 0.3) is 11.8 Å². The van der Waals surface area contributed by atoms with Gasteiger partial charge in [0.15, 0.2) is 11.1 Å². The molecule has 4 heterocycles. The number of aliphatic hydroxyl groups is 1. The summed E-state index contributed by atoms with van der Waals surface area (Å²) in [5, 5.41) is 14.2. The van der Waals surface area contributed by atoms with Crippen molar-refractivity contribution < 1.29 is 23.9 Å². The lowest BCUT2D eigenvalue weighted by Crippen LogP contribution is -2.52. The Morgan fingerprint density at radius 1 is 1.23 bits per heavy atom. The van der Waals surface area contributed by atoms with E-state index in [1.165, 1.54) is 11.1 Å². The maximum absolute atomic E-state index is 13.0. The molecule has 1 saturated heterocycles. The van der Waals surface area contributed by atoms with Gasteiger partial charge in [-0.05, 0) is 30.2 Å². The van der Waals surface area contributed by atoms with Gasteiger partial charge in [0.05, 0.1) is 13.2 Å². The molecule has 152 valence electrons. The van der Waals surface area contributed by atoms with Crippen molar-refractivity contribution in [2.75, 3.05) is 6.54 Å². The van der Waals surface area contributed by atoms with Crippen LogP contribution >= 0.6 is 0 Å². The van der Waals surface area contributed by atoms with Gasteiger partial charge in [-0.15, -0.1) is 0 Å². The highest BCUT2D eigenvalue weighted by Gasteiger charge is 2.53. The highest BCUT2D eigenvalue weighted by atomic mass is 16.3. The van der Waals surface area contributed by atoms with Crippen LogP contribution in [0.25, 0.3) is 11.1 Å². The van der Waals surface area contributed by atoms with Gasteiger partial charge in [0.2, 0.25) is 0 Å². The molecule has 1 fully saturated rings. The smallest absolute Gasteiger partial charge is 0.322 e. The Balaban J connectivity index is 1.56. The van der Waals surface area contributed by atoms with Crippen molar-refractivity contribution in [3.63, 3.8) is 0 Å². The van der Waals surface area contributed by atoms with Crippen molar-refractivity contribution in [3.8, 4) is 0 Å². The quantitative estimate of drug-likeness (QED) is 0.561. The molecule has 30 heavy (non-hydrogen) atoms. The fraction of sp³-hybridized carbons (Fsp3) is 0.238. The number of imide groups is 1. The molecular formula is C21H18N4O5. The second-order valence-electron chi connectivity index (χ2n) is 7.63. The summed E-state index contributed by atoms with van der Waals surface area (Å²) in [6.07, 6.45) is 1.50. The molecule has 0 radical (unpaired) electrons. The van der Waals surface area contributed by atoms with Crippen LogP contribution in [0.3, 0.4) is 0 Å². The fourth-order valence-electron chi connectivity index (χ4n) is 4.00. The normalized spacial score (nSPS) is 20.6. The monoisotopic (exact) mass is 406 g/mol. The third-order valence-corrected chi connectivity index (χ3v) is 5.54. The number of aryl methyl sites for hydroxylation is 1. The van der Waals surface area contributed by atoms with Crippen molar-refractivity contribution in [2.45, 2.75) is 25.6 Å². The second-order valence-corrected chi connectivity index (χ2v) is 7.63. The summed E-state index contributed by atoms with van der Waals surface area (Å²) >= 11 is 0. The van der Waals surface area contributed by atoms with Gasteiger partial charge >= 0.3 is 6.03 Å². The molecule has 1 atom stereocenters. The number of nitrogens with zero attached hydrogens (tertiary/aromatic N) is 2. The van der Waals surface area contributed by atoms with Gasteiger partial charge in [-0.3, -0.25) is 19.9 Å². The number of urea groups is 1. The molecule has 1 aromatic carbocycles. The van der Waals surface area contributed by atoms with Crippen molar-refractivity contribution in [1.82, 2.24) is 20.5 Å². The number of hydrogen-bond donors (Lipinski definition) is 3. The van der Waals surface area contributed by atoms with E-state index in [0.717, 1.165) is 11.1 Å². The average Bonchev–Trinajstić information content (AvgIpc) is 3.36. The van der Waals surface area contributed by atoms with E-state index in [9.17, 15) is 19.5 Å². The predicted molar refractivity (Wildman–Crippen MR) is 104 cm³/mol. The molecule has 5 rings (SSSR count). The first-order valence-electron chi connectivity index (χ1n) is 9.42. The van der Waals surface area contributed by atoms with Crippen molar-refractivity contribution in [3.05, 3.63) is 64.5 Å². The number of furan rings is 1. The number of pyridine rings is 1. The minimum absolute atomic E-state index is 0.0934. The second kappa shape index (κ2) is 6.39. The van der Waals surface area contributed by atoms with Crippen molar-refractivity contribution in [2.24, 2.45) is 0 Å². The number of aromatic nitrogens is 1. The fourth-order valence-corrected chi connectivity index (χ4v) is 4.00. The molecule has 3 N–H and O–H groups in total. The van der Waals surface area contributed by atoms with Crippen LogP contribution in [0.1, 0.15) is 32.8 Å². The number of benzene rings is 1. The summed E-state index contributed by atoms with van der Waals surface area (Å²) in [5.74, 6) is -0.643. The summed E-state index contributed by atoms with van der Waals surface area (Å²) in [6.45, 7) is 1.93. The Bertz CT molecular complexity index is 1230. The Labute approximate surface area is 170 Å². The Kier molecular flexibility index (Phi) is 3.90. The summed E-state index contributed by atoms with van der Waals surface area (Å²) < 4.78 is 5.87. The first-order valence-corrected chi connectivity index (χ1v) is 9.42. The molecule has 0 unspecified atom stereocenters. The molecule has 2 aliphatic heterocycles. The zero-order chi connectivity index (χ0) is 21.0. The number of carbonyl (C=O) groups excluding carboxylic acids is 3. The number of fused-ring (bicyclic) bond motifs is 2.